The number of benzene rings is 2. The molecule has 1 aliphatic carbocycles. The molecule has 0 amide bonds. The first-order valence-electron chi connectivity index (χ1n) is 16.6. The molecule has 9 N–H and O–H groups in total. The smallest absolute Gasteiger partial charge is 0.336 e. The minimum Gasteiger partial charge on any atom is -0.504 e. The summed E-state index contributed by atoms with van der Waals surface area (Å²) in [4.78, 5) is 25.8. The molecule has 16 nitrogen and oxygen atoms in total. The van der Waals surface area contributed by atoms with Gasteiger partial charge in [-0.25, -0.2) is 4.79 Å². The highest BCUT2D eigenvalue weighted by Crippen LogP contribution is 2.47. The van der Waals surface area contributed by atoms with Gasteiger partial charge in [0.25, 0.3) is 0 Å². The van der Waals surface area contributed by atoms with Crippen molar-refractivity contribution in [3.63, 3.8) is 0 Å². The first-order valence-corrected chi connectivity index (χ1v) is 16.6. The lowest BCUT2D eigenvalue weighted by Crippen LogP contribution is -2.70. The normalized spacial score (nSPS) is 28.0. The van der Waals surface area contributed by atoms with Crippen molar-refractivity contribution in [2.24, 2.45) is 0 Å². The van der Waals surface area contributed by atoms with Crippen LogP contribution in [-0.4, -0.2) is 112 Å². The number of hydrogen-bond donors (Lipinski definition) is 9. The summed E-state index contributed by atoms with van der Waals surface area (Å²) in [5, 5.41) is 75.2. The van der Waals surface area contributed by atoms with Crippen LogP contribution in [0.1, 0.15) is 38.5 Å². The second-order valence-corrected chi connectivity index (χ2v) is 13.0. The van der Waals surface area contributed by atoms with Crippen LogP contribution in [0, 0.1) is 0 Å². The van der Waals surface area contributed by atoms with Crippen molar-refractivity contribution in [1.82, 2.24) is 16.0 Å². The number of aliphatic hydroxyl groups excluding tert-OH is 2. The van der Waals surface area contributed by atoms with E-state index < -0.39 is 70.7 Å². The highest BCUT2D eigenvalue weighted by atomic mass is 16.7. The summed E-state index contributed by atoms with van der Waals surface area (Å²) in [7, 11) is 1.81. The van der Waals surface area contributed by atoms with Gasteiger partial charge < -0.3 is 70.0 Å². The summed E-state index contributed by atoms with van der Waals surface area (Å²) in [6.45, 7) is 1.87. The zero-order chi connectivity index (χ0) is 35.6. The van der Waals surface area contributed by atoms with Crippen molar-refractivity contribution >= 4 is 16.9 Å². The second-order valence-electron chi connectivity index (χ2n) is 13.0. The summed E-state index contributed by atoms with van der Waals surface area (Å²) >= 11 is 0. The Labute approximate surface area is 286 Å². The third-order valence-corrected chi connectivity index (χ3v) is 9.39. The molecule has 0 spiro atoms. The molecule has 0 radical (unpaired) electrons. The minimum absolute atomic E-state index is 0.129. The number of carboxylic acid groups (broad SMARTS) is 1. The van der Waals surface area contributed by atoms with E-state index in [-0.39, 0.29) is 36.0 Å². The Hall–Kier alpha value is -4.00. The molecule has 2 aromatic carbocycles. The van der Waals surface area contributed by atoms with Gasteiger partial charge in [-0.2, -0.15) is 0 Å². The average Bonchev–Trinajstić information content (AvgIpc) is 3.60. The molecule has 16 heteroatoms. The predicted molar refractivity (Wildman–Crippen MR) is 176 cm³/mol. The van der Waals surface area contributed by atoms with Gasteiger partial charge in [-0.15, -0.1) is 0 Å². The summed E-state index contributed by atoms with van der Waals surface area (Å²) < 4.78 is 29.2. The number of ether oxygens (including phenoxy) is 4. The maximum Gasteiger partial charge on any atom is 0.336 e. The van der Waals surface area contributed by atoms with Crippen LogP contribution in [0.25, 0.3) is 22.3 Å². The minimum atomic E-state index is -2.42. The number of aliphatic hydroxyl groups is 4. The fourth-order valence-electron chi connectivity index (χ4n) is 6.70. The molecule has 1 aromatic heterocycles. The quantitative estimate of drug-likeness (QED) is 0.0914. The Bertz CT molecular complexity index is 1720. The van der Waals surface area contributed by atoms with Crippen molar-refractivity contribution in [1.29, 1.82) is 0 Å². The van der Waals surface area contributed by atoms with Gasteiger partial charge in [0.2, 0.25) is 17.8 Å². The summed E-state index contributed by atoms with van der Waals surface area (Å²) in [6.07, 6.45) is -5.83. The number of hydrogen-bond acceptors (Lipinski definition) is 15. The zero-order valence-corrected chi connectivity index (χ0v) is 27.5. The van der Waals surface area contributed by atoms with Crippen LogP contribution in [-0.2, 0) is 9.53 Å². The summed E-state index contributed by atoms with van der Waals surface area (Å²) in [5.41, 5.74) is -2.73. The second kappa shape index (κ2) is 14.7. The Morgan fingerprint density at radius 2 is 1.84 bits per heavy atom. The SMILES string of the molecule is CNCCOc1ccc(-c2cc(=O)c3c(O)c(OC4(O)CCCCC4)c(OC4OC(C(=O)O)C(O)(CC5CNCN5)C(O)C4O)cc3o2)cc1. The fraction of sp³-hybridized carbons (Fsp3) is 0.529. The standard InChI is InChI=1S/C34H43N3O13/c1-35-11-12-46-20-7-5-18(6-8-20)22-13-21(38)25-23(47-22)14-24(28(26(25)39)50-33(44)9-3-2-4-10-33)48-32-27(40)29(41)34(45,30(49-32)31(42)43)15-19-16-36-17-37-19/h5-8,13-14,19,27,29-30,32,35-37,39-41,44-45H,2-4,9-12,15-17H2,1H3,(H,42,43). The van der Waals surface area contributed by atoms with Crippen LogP contribution in [0.15, 0.2) is 45.6 Å². The molecule has 2 saturated heterocycles. The Kier molecular flexibility index (Phi) is 10.5. The van der Waals surface area contributed by atoms with Crippen LogP contribution in [0.3, 0.4) is 0 Å². The van der Waals surface area contributed by atoms with Gasteiger partial charge in [-0.1, -0.05) is 6.42 Å². The van der Waals surface area contributed by atoms with Gasteiger partial charge in [0.1, 0.15) is 46.9 Å². The maximum absolute atomic E-state index is 13.5. The lowest BCUT2D eigenvalue weighted by atomic mass is 9.79. The van der Waals surface area contributed by atoms with E-state index in [9.17, 15) is 40.2 Å². The van der Waals surface area contributed by atoms with Crippen LogP contribution in [0.2, 0.25) is 0 Å². The van der Waals surface area contributed by atoms with Gasteiger partial charge in [0, 0.05) is 56.3 Å². The number of nitrogens with one attached hydrogen (secondary N) is 3. The maximum atomic E-state index is 13.5. The Morgan fingerprint density at radius 1 is 1.10 bits per heavy atom. The molecule has 0 bridgehead atoms. The molecule has 272 valence electrons. The Balaban J connectivity index is 1.38. The number of likely N-dealkylation sites (N-methyl/N-ethyl adjacent to an activating group) is 1. The summed E-state index contributed by atoms with van der Waals surface area (Å²) in [5.74, 6) is -4.26. The van der Waals surface area contributed by atoms with E-state index in [2.05, 4.69) is 16.0 Å². The van der Waals surface area contributed by atoms with E-state index in [1.165, 1.54) is 12.1 Å². The molecule has 3 heterocycles. The van der Waals surface area contributed by atoms with Crippen molar-refractivity contribution in [3.05, 3.63) is 46.6 Å². The number of phenols is 1. The van der Waals surface area contributed by atoms with E-state index in [1.54, 1.807) is 24.3 Å². The molecule has 6 atom stereocenters. The molecule has 3 aliphatic rings. The number of fused-ring (bicyclic) bond motifs is 1. The van der Waals surface area contributed by atoms with E-state index in [0.29, 0.717) is 50.5 Å². The average molecular weight is 702 g/mol. The van der Waals surface area contributed by atoms with Crippen molar-refractivity contribution in [3.8, 4) is 34.3 Å². The number of aliphatic carboxylic acids is 1. The van der Waals surface area contributed by atoms with E-state index >= 15 is 0 Å². The number of carbonyl (C=O) groups is 1. The molecular formula is C34H43N3O13. The first-order chi connectivity index (χ1) is 23.9. The molecule has 2 aliphatic heterocycles. The molecular weight excluding hydrogens is 658 g/mol. The van der Waals surface area contributed by atoms with Gasteiger partial charge in [0.15, 0.2) is 23.0 Å². The lowest BCUT2D eigenvalue weighted by molar-refractivity contribution is -0.307. The zero-order valence-electron chi connectivity index (χ0n) is 27.5. The topological polar surface area (TPSA) is 242 Å². The number of aromatic hydroxyl groups is 1. The summed E-state index contributed by atoms with van der Waals surface area (Å²) in [6, 6.07) is 8.72. The molecule has 6 unspecified atom stereocenters. The predicted octanol–water partition coefficient (Wildman–Crippen LogP) is 0.346. The van der Waals surface area contributed by atoms with Crippen molar-refractivity contribution in [2.45, 2.75) is 80.6 Å². The molecule has 3 aromatic rings. The van der Waals surface area contributed by atoms with Crippen molar-refractivity contribution in [2.75, 3.05) is 33.4 Å². The monoisotopic (exact) mass is 701 g/mol. The third-order valence-electron chi connectivity index (χ3n) is 9.39. The Morgan fingerprint density at radius 3 is 2.50 bits per heavy atom. The van der Waals surface area contributed by atoms with E-state index in [0.717, 1.165) is 6.42 Å². The van der Waals surface area contributed by atoms with Crippen molar-refractivity contribution < 1.29 is 58.8 Å². The van der Waals surface area contributed by atoms with E-state index in [4.69, 9.17) is 23.4 Å². The first kappa shape index (κ1) is 35.8. The van der Waals surface area contributed by atoms with Crippen LogP contribution >= 0.6 is 0 Å². The number of carboxylic acids is 1. The van der Waals surface area contributed by atoms with Gasteiger partial charge >= 0.3 is 5.97 Å². The van der Waals surface area contributed by atoms with Gasteiger partial charge in [0.05, 0.1) is 0 Å². The highest BCUT2D eigenvalue weighted by molar-refractivity contribution is 5.89. The van der Waals surface area contributed by atoms with Gasteiger partial charge in [-0.3, -0.25) is 4.79 Å². The lowest BCUT2D eigenvalue weighted by Gasteiger charge is -2.47. The molecule has 1 saturated carbocycles. The van der Waals surface area contributed by atoms with Crippen LogP contribution in [0.5, 0.6) is 23.0 Å². The van der Waals surface area contributed by atoms with Crippen LogP contribution in [0.4, 0.5) is 0 Å². The number of rotatable bonds is 12. The molecule has 3 fully saturated rings. The fourth-order valence-corrected chi connectivity index (χ4v) is 6.70. The highest BCUT2D eigenvalue weighted by Gasteiger charge is 2.59. The molecule has 50 heavy (non-hydrogen) atoms. The largest absolute Gasteiger partial charge is 0.504 e. The molecule has 6 rings (SSSR count). The number of phenolic OH excluding ortho intramolecular Hbond substituents is 1. The van der Waals surface area contributed by atoms with E-state index in [1.807, 2.05) is 7.05 Å². The van der Waals surface area contributed by atoms with Crippen LogP contribution < -0.4 is 35.6 Å². The van der Waals surface area contributed by atoms with Gasteiger partial charge in [-0.05, 0) is 50.6 Å². The third kappa shape index (κ3) is 7.24.